The van der Waals surface area contributed by atoms with Crippen molar-refractivity contribution in [3.63, 3.8) is 0 Å². The van der Waals surface area contributed by atoms with Crippen LogP contribution in [0.15, 0.2) is 60.7 Å². The average molecular weight is 332 g/mol. The van der Waals surface area contributed by atoms with Crippen molar-refractivity contribution < 1.29 is 5.11 Å². The molecule has 23 heavy (non-hydrogen) atoms. The van der Waals surface area contributed by atoms with Crippen LogP contribution in [-0.2, 0) is 5.60 Å². The Bertz CT molecular complexity index is 540. The molecule has 0 amide bonds. The van der Waals surface area contributed by atoms with E-state index in [1.807, 2.05) is 60.7 Å². The maximum atomic E-state index is 11.6. The smallest absolute Gasteiger partial charge is 0.115 e. The predicted molar refractivity (Wildman–Crippen MR) is 98.0 cm³/mol. The summed E-state index contributed by atoms with van der Waals surface area (Å²) in [6, 6.07) is 20.2. The molecule has 0 atom stereocenters. The molecule has 0 saturated carbocycles. The third-order valence-corrected chi connectivity index (χ3v) is 4.92. The summed E-state index contributed by atoms with van der Waals surface area (Å²) >= 11 is 0. The fourth-order valence-corrected chi connectivity index (χ4v) is 3.51. The highest BCUT2D eigenvalue weighted by molar-refractivity contribution is 5.85. The first-order valence-electron chi connectivity index (χ1n) is 8.20. The summed E-state index contributed by atoms with van der Waals surface area (Å²) in [7, 11) is 2.18. The largest absolute Gasteiger partial charge is 0.380 e. The minimum atomic E-state index is -0.886. The maximum absolute atomic E-state index is 11.6. The van der Waals surface area contributed by atoms with Gasteiger partial charge in [-0.2, -0.15) is 0 Å². The first-order valence-corrected chi connectivity index (χ1v) is 8.20. The van der Waals surface area contributed by atoms with Crippen LogP contribution in [0.5, 0.6) is 0 Å². The second-order valence-electron chi connectivity index (χ2n) is 6.54. The molecule has 3 heteroatoms. The monoisotopic (exact) mass is 331 g/mol. The minimum absolute atomic E-state index is 0. The van der Waals surface area contributed by atoms with Gasteiger partial charge in [0, 0.05) is 0 Å². The van der Waals surface area contributed by atoms with Crippen molar-refractivity contribution in [1.82, 2.24) is 4.90 Å². The lowest BCUT2D eigenvalue weighted by molar-refractivity contribution is 0.0392. The van der Waals surface area contributed by atoms with Gasteiger partial charge < -0.3 is 10.0 Å². The number of benzene rings is 2. The molecule has 2 aromatic rings. The molecule has 1 fully saturated rings. The molecule has 0 radical (unpaired) electrons. The van der Waals surface area contributed by atoms with Crippen LogP contribution in [0.3, 0.4) is 0 Å². The SMILES string of the molecule is CN1CCC(CC(O)(c2ccccc2)c2ccccc2)CC1.Cl. The number of halogens is 1. The van der Waals surface area contributed by atoms with Crippen molar-refractivity contribution in [2.24, 2.45) is 5.92 Å². The second-order valence-corrected chi connectivity index (χ2v) is 6.54. The molecule has 1 aliphatic rings. The van der Waals surface area contributed by atoms with E-state index < -0.39 is 5.60 Å². The van der Waals surface area contributed by atoms with Crippen LogP contribution in [0.25, 0.3) is 0 Å². The van der Waals surface area contributed by atoms with E-state index in [4.69, 9.17) is 0 Å². The molecule has 1 N–H and O–H groups in total. The Morgan fingerprint density at radius 1 is 0.913 bits per heavy atom. The molecule has 1 heterocycles. The topological polar surface area (TPSA) is 23.5 Å². The van der Waals surface area contributed by atoms with Gasteiger partial charge >= 0.3 is 0 Å². The fourth-order valence-electron chi connectivity index (χ4n) is 3.51. The summed E-state index contributed by atoms with van der Waals surface area (Å²) in [5, 5.41) is 11.6. The van der Waals surface area contributed by atoms with E-state index in [0.717, 1.165) is 30.6 Å². The Hall–Kier alpha value is -1.35. The maximum Gasteiger partial charge on any atom is 0.115 e. The Labute approximate surface area is 145 Å². The zero-order chi connectivity index (χ0) is 15.4. The highest BCUT2D eigenvalue weighted by Crippen LogP contribution is 2.38. The highest BCUT2D eigenvalue weighted by atomic mass is 35.5. The van der Waals surface area contributed by atoms with Crippen LogP contribution >= 0.6 is 12.4 Å². The van der Waals surface area contributed by atoms with Crippen molar-refractivity contribution in [3.05, 3.63) is 71.8 Å². The second kappa shape index (κ2) is 7.96. The van der Waals surface area contributed by atoms with Crippen molar-refractivity contribution in [2.45, 2.75) is 24.9 Å². The van der Waals surface area contributed by atoms with Gasteiger partial charge in [-0.05, 0) is 56.4 Å². The number of hydrogen-bond donors (Lipinski definition) is 1. The van der Waals surface area contributed by atoms with E-state index in [-0.39, 0.29) is 12.4 Å². The van der Waals surface area contributed by atoms with Gasteiger partial charge in [-0.3, -0.25) is 0 Å². The molecule has 1 aliphatic heterocycles. The van der Waals surface area contributed by atoms with E-state index >= 15 is 0 Å². The minimum Gasteiger partial charge on any atom is -0.380 e. The Kier molecular flexibility index (Phi) is 6.23. The van der Waals surface area contributed by atoms with E-state index in [9.17, 15) is 5.11 Å². The van der Waals surface area contributed by atoms with E-state index in [0.29, 0.717) is 5.92 Å². The third kappa shape index (κ3) is 4.14. The van der Waals surface area contributed by atoms with Crippen molar-refractivity contribution in [3.8, 4) is 0 Å². The van der Waals surface area contributed by atoms with Crippen molar-refractivity contribution in [1.29, 1.82) is 0 Å². The Morgan fingerprint density at radius 2 is 1.35 bits per heavy atom. The lowest BCUT2D eigenvalue weighted by Gasteiger charge is -2.36. The van der Waals surface area contributed by atoms with Gasteiger partial charge in [-0.1, -0.05) is 60.7 Å². The summed E-state index contributed by atoms with van der Waals surface area (Å²) in [5.74, 6) is 0.571. The van der Waals surface area contributed by atoms with Crippen molar-refractivity contribution in [2.75, 3.05) is 20.1 Å². The summed E-state index contributed by atoms with van der Waals surface area (Å²) < 4.78 is 0. The molecule has 3 rings (SSSR count). The number of piperidine rings is 1. The molecule has 2 aromatic carbocycles. The Balaban J connectivity index is 0.00000192. The molecule has 124 valence electrons. The first-order chi connectivity index (χ1) is 10.7. The van der Waals surface area contributed by atoms with Crippen LogP contribution in [0.1, 0.15) is 30.4 Å². The van der Waals surface area contributed by atoms with Gasteiger partial charge in [-0.15, -0.1) is 12.4 Å². The van der Waals surface area contributed by atoms with Crippen LogP contribution in [0.4, 0.5) is 0 Å². The zero-order valence-corrected chi connectivity index (χ0v) is 14.5. The quantitative estimate of drug-likeness (QED) is 0.912. The summed E-state index contributed by atoms with van der Waals surface area (Å²) in [5.41, 5.74) is 1.11. The van der Waals surface area contributed by atoms with Gasteiger partial charge in [0.2, 0.25) is 0 Å². The lowest BCUT2D eigenvalue weighted by atomic mass is 9.77. The molecule has 0 bridgehead atoms. The number of rotatable bonds is 4. The first kappa shape index (κ1) is 18.0. The average Bonchev–Trinajstić information content (AvgIpc) is 2.58. The molecule has 2 nitrogen and oxygen atoms in total. The number of aliphatic hydroxyl groups is 1. The molecule has 0 unspecified atom stereocenters. The number of likely N-dealkylation sites (tertiary alicyclic amines) is 1. The number of nitrogens with zero attached hydrogens (tertiary/aromatic N) is 1. The van der Waals surface area contributed by atoms with Gasteiger partial charge in [0.1, 0.15) is 5.60 Å². The Morgan fingerprint density at radius 3 is 1.78 bits per heavy atom. The van der Waals surface area contributed by atoms with Gasteiger partial charge in [0.05, 0.1) is 0 Å². The standard InChI is InChI=1S/C20H25NO.ClH/c1-21-14-12-17(13-15-21)16-20(22,18-8-4-2-5-9-18)19-10-6-3-7-11-19;/h2-11,17,22H,12-16H2,1H3;1H. The third-order valence-electron chi connectivity index (χ3n) is 4.92. The summed E-state index contributed by atoms with van der Waals surface area (Å²) in [4.78, 5) is 2.38. The van der Waals surface area contributed by atoms with E-state index in [1.165, 1.54) is 12.8 Å². The fraction of sp³-hybridized carbons (Fsp3) is 0.400. The molecule has 1 saturated heterocycles. The van der Waals surface area contributed by atoms with Crippen molar-refractivity contribution >= 4 is 12.4 Å². The van der Waals surface area contributed by atoms with Gasteiger partial charge in [-0.25, -0.2) is 0 Å². The molecular weight excluding hydrogens is 306 g/mol. The van der Waals surface area contributed by atoms with Gasteiger partial charge in [0.15, 0.2) is 0 Å². The molecular formula is C20H26ClNO. The zero-order valence-electron chi connectivity index (χ0n) is 13.7. The van der Waals surface area contributed by atoms with Crippen LogP contribution < -0.4 is 0 Å². The van der Waals surface area contributed by atoms with Crippen LogP contribution in [-0.4, -0.2) is 30.1 Å². The molecule has 0 aliphatic carbocycles. The van der Waals surface area contributed by atoms with E-state index in [2.05, 4.69) is 11.9 Å². The van der Waals surface area contributed by atoms with Gasteiger partial charge in [0.25, 0.3) is 0 Å². The molecule has 0 spiro atoms. The normalized spacial score (nSPS) is 16.8. The lowest BCUT2D eigenvalue weighted by Crippen LogP contribution is -2.36. The molecule has 0 aromatic heterocycles. The summed E-state index contributed by atoms with van der Waals surface area (Å²) in [6.07, 6.45) is 3.13. The predicted octanol–water partition coefficient (Wildman–Crippen LogP) is 4.08. The highest BCUT2D eigenvalue weighted by Gasteiger charge is 2.35. The van der Waals surface area contributed by atoms with Crippen LogP contribution in [0, 0.1) is 5.92 Å². The van der Waals surface area contributed by atoms with Crippen LogP contribution in [0.2, 0.25) is 0 Å². The number of hydrogen-bond acceptors (Lipinski definition) is 2. The van der Waals surface area contributed by atoms with E-state index in [1.54, 1.807) is 0 Å². The summed E-state index contributed by atoms with van der Waals surface area (Å²) in [6.45, 7) is 2.26.